The molecule has 0 spiro atoms. The maximum Gasteiger partial charge on any atom is 0.334 e. The summed E-state index contributed by atoms with van der Waals surface area (Å²) in [6.45, 7) is 0. The molecule has 0 unspecified atom stereocenters. The highest BCUT2D eigenvalue weighted by Gasteiger charge is 1.98. The highest BCUT2D eigenvalue weighted by molar-refractivity contribution is 5.82. The fraction of sp³-hybridized carbons (Fsp3) is 0.286. The van der Waals surface area contributed by atoms with Gasteiger partial charge in [0.15, 0.2) is 0 Å². The van der Waals surface area contributed by atoms with E-state index in [1.165, 1.54) is 14.2 Å². The van der Waals surface area contributed by atoms with Crippen LogP contribution in [-0.4, -0.2) is 30.4 Å². The Morgan fingerprint density at radius 3 is 2.17 bits per heavy atom. The molecule has 12 heavy (non-hydrogen) atoms. The number of aliphatic hydroxyl groups excluding tert-OH is 2. The summed E-state index contributed by atoms with van der Waals surface area (Å²) in [4.78, 5) is 10.5. The SMILES string of the molecule is COC(=O)/C=C(O)/C=C(\O)OC. The minimum absolute atomic E-state index is 0.443. The van der Waals surface area contributed by atoms with Gasteiger partial charge in [-0.05, 0) is 0 Å². The van der Waals surface area contributed by atoms with Crippen molar-refractivity contribution in [2.45, 2.75) is 0 Å². The van der Waals surface area contributed by atoms with E-state index in [-0.39, 0.29) is 0 Å². The predicted molar refractivity (Wildman–Crippen MR) is 40.4 cm³/mol. The van der Waals surface area contributed by atoms with Crippen molar-refractivity contribution in [3.63, 3.8) is 0 Å². The molecular weight excluding hydrogens is 164 g/mol. The number of esters is 1. The molecule has 0 aromatic rings. The molecule has 0 aliphatic rings. The lowest BCUT2D eigenvalue weighted by molar-refractivity contribution is -0.135. The maximum atomic E-state index is 10.5. The van der Waals surface area contributed by atoms with Crippen molar-refractivity contribution in [2.75, 3.05) is 14.2 Å². The lowest BCUT2D eigenvalue weighted by Gasteiger charge is -1.95. The van der Waals surface area contributed by atoms with Gasteiger partial charge in [0.25, 0.3) is 5.95 Å². The largest absolute Gasteiger partial charge is 0.507 e. The van der Waals surface area contributed by atoms with Crippen molar-refractivity contribution in [1.29, 1.82) is 0 Å². The molecule has 2 N–H and O–H groups in total. The molecule has 68 valence electrons. The minimum atomic E-state index is -0.715. The van der Waals surface area contributed by atoms with Crippen molar-refractivity contribution in [3.05, 3.63) is 23.9 Å². The van der Waals surface area contributed by atoms with E-state index < -0.39 is 17.7 Å². The summed E-state index contributed by atoms with van der Waals surface area (Å²) < 4.78 is 8.51. The molecule has 0 atom stereocenters. The quantitative estimate of drug-likeness (QED) is 0.284. The van der Waals surface area contributed by atoms with Gasteiger partial charge in [0.05, 0.1) is 26.4 Å². The Morgan fingerprint density at radius 2 is 1.75 bits per heavy atom. The molecule has 0 fully saturated rings. The van der Waals surface area contributed by atoms with Crippen LogP contribution in [0.5, 0.6) is 0 Å². The monoisotopic (exact) mass is 174 g/mol. The first-order valence-electron chi connectivity index (χ1n) is 3.03. The summed E-state index contributed by atoms with van der Waals surface area (Å²) in [5.74, 6) is -1.65. The van der Waals surface area contributed by atoms with Gasteiger partial charge in [-0.25, -0.2) is 4.79 Å². The molecule has 0 aromatic heterocycles. The molecule has 0 saturated carbocycles. The Labute approximate surface area is 69.5 Å². The fourth-order valence-electron chi connectivity index (χ4n) is 0.407. The molecule has 0 heterocycles. The van der Waals surface area contributed by atoms with Crippen molar-refractivity contribution in [2.24, 2.45) is 0 Å². The van der Waals surface area contributed by atoms with Gasteiger partial charge >= 0.3 is 5.97 Å². The normalized spacial score (nSPS) is 12.5. The molecule has 0 amide bonds. The third-order valence-corrected chi connectivity index (χ3v) is 0.947. The molecule has 0 saturated heterocycles. The molecule has 0 rings (SSSR count). The second-order valence-electron chi connectivity index (χ2n) is 1.78. The third kappa shape index (κ3) is 4.21. The second kappa shape index (κ2) is 5.06. The highest BCUT2D eigenvalue weighted by Crippen LogP contribution is 1.97. The Bertz CT molecular complexity index is 216. The van der Waals surface area contributed by atoms with Crippen molar-refractivity contribution in [3.8, 4) is 0 Å². The van der Waals surface area contributed by atoms with Gasteiger partial charge < -0.3 is 19.7 Å². The van der Waals surface area contributed by atoms with Gasteiger partial charge in [0, 0.05) is 0 Å². The van der Waals surface area contributed by atoms with Crippen LogP contribution in [0, 0.1) is 0 Å². The van der Waals surface area contributed by atoms with E-state index in [1.807, 2.05) is 0 Å². The first-order valence-corrected chi connectivity index (χ1v) is 3.03. The van der Waals surface area contributed by atoms with Crippen molar-refractivity contribution >= 4 is 5.97 Å². The number of carbonyl (C=O) groups is 1. The Kier molecular flexibility index (Phi) is 4.36. The van der Waals surface area contributed by atoms with Crippen LogP contribution >= 0.6 is 0 Å². The van der Waals surface area contributed by atoms with Crippen LogP contribution in [0.1, 0.15) is 0 Å². The van der Waals surface area contributed by atoms with E-state index in [4.69, 9.17) is 10.2 Å². The molecule has 0 aromatic carbocycles. The first-order chi connectivity index (χ1) is 5.60. The van der Waals surface area contributed by atoms with Gasteiger partial charge in [0.2, 0.25) is 0 Å². The number of aliphatic hydroxyl groups is 2. The third-order valence-electron chi connectivity index (χ3n) is 0.947. The van der Waals surface area contributed by atoms with Crippen LogP contribution in [0.4, 0.5) is 0 Å². The summed E-state index contributed by atoms with van der Waals surface area (Å²) in [6.07, 6.45) is 1.67. The average Bonchev–Trinajstić information content (AvgIpc) is 2.03. The standard InChI is InChI=1S/C7H10O5/c1-11-6(9)3-5(8)4-7(10)12-2/h3-4,8-9H,1-2H3/b5-4-,6-3+. The van der Waals surface area contributed by atoms with Crippen molar-refractivity contribution < 1.29 is 24.5 Å². The number of rotatable bonds is 3. The average molecular weight is 174 g/mol. The Hall–Kier alpha value is -1.65. The number of hydrogen-bond acceptors (Lipinski definition) is 5. The number of hydrogen-bond donors (Lipinski definition) is 2. The zero-order valence-corrected chi connectivity index (χ0v) is 6.77. The zero-order valence-electron chi connectivity index (χ0n) is 6.77. The minimum Gasteiger partial charge on any atom is -0.507 e. The summed E-state index contributed by atoms with van der Waals surface area (Å²) in [5, 5.41) is 17.6. The first kappa shape index (κ1) is 10.3. The van der Waals surface area contributed by atoms with E-state index in [1.54, 1.807) is 0 Å². The molecular formula is C7H10O5. The topological polar surface area (TPSA) is 76.0 Å². The van der Waals surface area contributed by atoms with Gasteiger partial charge in [-0.2, -0.15) is 0 Å². The lowest BCUT2D eigenvalue weighted by atomic mass is 10.4. The summed E-state index contributed by atoms with van der Waals surface area (Å²) in [5.41, 5.74) is 0. The summed E-state index contributed by atoms with van der Waals surface area (Å²) in [6, 6.07) is 0. The molecule has 5 nitrogen and oxygen atoms in total. The smallest absolute Gasteiger partial charge is 0.334 e. The van der Waals surface area contributed by atoms with Crippen LogP contribution in [0.3, 0.4) is 0 Å². The van der Waals surface area contributed by atoms with Crippen LogP contribution < -0.4 is 0 Å². The molecule has 0 radical (unpaired) electrons. The number of allylic oxidation sites excluding steroid dienone is 1. The van der Waals surface area contributed by atoms with Crippen molar-refractivity contribution in [1.82, 2.24) is 0 Å². The van der Waals surface area contributed by atoms with Crippen LogP contribution in [0.25, 0.3) is 0 Å². The second-order valence-corrected chi connectivity index (χ2v) is 1.78. The van der Waals surface area contributed by atoms with Gasteiger partial charge in [0.1, 0.15) is 5.76 Å². The van der Waals surface area contributed by atoms with Gasteiger partial charge in [-0.1, -0.05) is 0 Å². The van der Waals surface area contributed by atoms with E-state index in [2.05, 4.69) is 9.47 Å². The van der Waals surface area contributed by atoms with E-state index >= 15 is 0 Å². The van der Waals surface area contributed by atoms with Crippen LogP contribution in [0.2, 0.25) is 0 Å². The Balaban J connectivity index is 4.29. The molecule has 0 aliphatic heterocycles. The predicted octanol–water partition coefficient (Wildman–Crippen LogP) is 0.647. The number of carbonyl (C=O) groups excluding carboxylic acids is 1. The zero-order chi connectivity index (χ0) is 9.56. The van der Waals surface area contributed by atoms with E-state index in [9.17, 15) is 4.79 Å². The van der Waals surface area contributed by atoms with Crippen LogP contribution in [0.15, 0.2) is 23.9 Å². The summed E-state index contributed by atoms with van der Waals surface area (Å²) in [7, 11) is 2.39. The maximum absolute atomic E-state index is 10.5. The Morgan fingerprint density at radius 1 is 1.17 bits per heavy atom. The number of ether oxygens (including phenoxy) is 2. The number of methoxy groups -OCH3 is 2. The molecule has 0 bridgehead atoms. The summed E-state index contributed by atoms with van der Waals surface area (Å²) >= 11 is 0. The lowest BCUT2D eigenvalue weighted by Crippen LogP contribution is -1.96. The fourth-order valence-corrected chi connectivity index (χ4v) is 0.407. The van der Waals surface area contributed by atoms with Gasteiger partial charge in [-0.15, -0.1) is 0 Å². The van der Waals surface area contributed by atoms with E-state index in [0.29, 0.717) is 0 Å². The highest BCUT2D eigenvalue weighted by atomic mass is 16.6. The molecule has 0 aliphatic carbocycles. The van der Waals surface area contributed by atoms with Gasteiger partial charge in [-0.3, -0.25) is 0 Å². The molecule has 5 heteroatoms. The van der Waals surface area contributed by atoms with Crippen LogP contribution in [-0.2, 0) is 14.3 Å². The van der Waals surface area contributed by atoms with E-state index in [0.717, 1.165) is 12.2 Å².